The average molecular weight is 201 g/mol. The molecule has 0 aliphatic heterocycles. The Balaban J connectivity index is 3.78. The maximum Gasteiger partial charge on any atom is 0.250 e. The van der Waals surface area contributed by atoms with E-state index in [2.05, 4.69) is 18.8 Å². The van der Waals surface area contributed by atoms with Gasteiger partial charge in [-0.2, -0.15) is 0 Å². The summed E-state index contributed by atoms with van der Waals surface area (Å²) in [5.41, 5.74) is 0.436. The van der Waals surface area contributed by atoms with Gasteiger partial charge in [-0.05, 0) is 13.3 Å². The van der Waals surface area contributed by atoms with Crippen molar-refractivity contribution in [1.82, 2.24) is 5.32 Å². The number of methoxy groups -OCH3 is 1. The fraction of sp³-hybridized carbons (Fsp3) is 0.700. The molecule has 0 aromatic heterocycles. The number of amides is 1. The summed E-state index contributed by atoms with van der Waals surface area (Å²) in [5.74, 6) is -0.256. The molecular formula is C10H19NO3. The van der Waals surface area contributed by atoms with E-state index < -0.39 is 6.41 Å². The van der Waals surface area contributed by atoms with Crippen molar-refractivity contribution in [3.05, 3.63) is 12.2 Å². The Morgan fingerprint density at radius 3 is 2.64 bits per heavy atom. The van der Waals surface area contributed by atoms with E-state index in [9.17, 15) is 4.79 Å². The lowest BCUT2D eigenvalue weighted by Gasteiger charge is -2.17. The molecule has 0 aliphatic carbocycles. The number of carbonyl (C=O) groups is 1. The van der Waals surface area contributed by atoms with Crippen molar-refractivity contribution in [1.29, 1.82) is 0 Å². The Morgan fingerprint density at radius 1 is 1.57 bits per heavy atom. The topological polar surface area (TPSA) is 47.6 Å². The maximum atomic E-state index is 11.2. The number of carbonyl (C=O) groups excluding carboxylic acids is 1. The number of hydrogen-bond donors (Lipinski definition) is 1. The van der Waals surface area contributed by atoms with Gasteiger partial charge >= 0.3 is 0 Å². The summed E-state index contributed by atoms with van der Waals surface area (Å²) in [6.45, 7) is 7.79. The van der Waals surface area contributed by atoms with Crippen LogP contribution < -0.4 is 5.32 Å². The summed E-state index contributed by atoms with van der Waals surface area (Å²) in [5, 5.41) is 2.54. The quantitative estimate of drug-likeness (QED) is 0.385. The van der Waals surface area contributed by atoms with Crippen LogP contribution in [0.5, 0.6) is 0 Å². The van der Waals surface area contributed by atoms with Crippen LogP contribution in [0.1, 0.15) is 26.7 Å². The third kappa shape index (κ3) is 5.72. The number of nitrogens with one attached hydrogen (secondary N) is 1. The highest BCUT2D eigenvalue weighted by Gasteiger charge is 2.10. The smallest absolute Gasteiger partial charge is 0.250 e. The van der Waals surface area contributed by atoms with E-state index in [-0.39, 0.29) is 5.91 Å². The Bertz CT molecular complexity index is 192. The molecule has 1 amide bonds. The lowest BCUT2D eigenvalue weighted by molar-refractivity contribution is -0.156. The fourth-order valence-electron chi connectivity index (χ4n) is 0.734. The molecule has 0 spiro atoms. The molecule has 0 saturated carbocycles. The molecule has 4 heteroatoms. The first kappa shape index (κ1) is 13.1. The number of ether oxygens (including phenoxy) is 2. The van der Waals surface area contributed by atoms with Crippen LogP contribution in [-0.2, 0) is 14.3 Å². The van der Waals surface area contributed by atoms with Crippen molar-refractivity contribution in [2.24, 2.45) is 0 Å². The Morgan fingerprint density at radius 2 is 2.21 bits per heavy atom. The summed E-state index contributed by atoms with van der Waals surface area (Å²) >= 11 is 0. The van der Waals surface area contributed by atoms with E-state index in [4.69, 9.17) is 9.47 Å². The first-order chi connectivity index (χ1) is 6.61. The molecule has 0 aromatic rings. The van der Waals surface area contributed by atoms with Gasteiger partial charge in [0.15, 0.2) is 0 Å². The zero-order chi connectivity index (χ0) is 11.0. The minimum absolute atomic E-state index is 0.256. The zero-order valence-corrected chi connectivity index (χ0v) is 9.13. The Kier molecular flexibility index (Phi) is 7.06. The van der Waals surface area contributed by atoms with Gasteiger partial charge in [0.1, 0.15) is 0 Å². The van der Waals surface area contributed by atoms with Crippen LogP contribution in [0.25, 0.3) is 0 Å². The monoisotopic (exact) mass is 201 g/mol. The molecule has 0 heterocycles. The van der Waals surface area contributed by atoms with Crippen molar-refractivity contribution < 1.29 is 14.3 Å². The predicted molar refractivity (Wildman–Crippen MR) is 54.6 cm³/mol. The van der Waals surface area contributed by atoms with Gasteiger partial charge in [-0.15, -0.1) is 0 Å². The van der Waals surface area contributed by atoms with Crippen molar-refractivity contribution >= 4 is 5.91 Å². The van der Waals surface area contributed by atoms with E-state index in [0.29, 0.717) is 12.2 Å². The summed E-state index contributed by atoms with van der Waals surface area (Å²) in [6.07, 6.45) is 1.32. The lowest BCUT2D eigenvalue weighted by Crippen LogP contribution is -2.38. The van der Waals surface area contributed by atoms with E-state index in [1.54, 1.807) is 6.92 Å². The van der Waals surface area contributed by atoms with Crippen molar-refractivity contribution in [2.75, 3.05) is 13.7 Å². The third-order valence-electron chi connectivity index (χ3n) is 1.62. The van der Waals surface area contributed by atoms with Gasteiger partial charge < -0.3 is 14.8 Å². The van der Waals surface area contributed by atoms with E-state index in [0.717, 1.165) is 12.8 Å². The predicted octanol–water partition coefficient (Wildman–Crippen LogP) is 1.43. The fourth-order valence-corrected chi connectivity index (χ4v) is 0.734. The first-order valence-electron chi connectivity index (χ1n) is 4.72. The first-order valence-corrected chi connectivity index (χ1v) is 4.72. The molecular weight excluding hydrogens is 182 g/mol. The Labute approximate surface area is 85.3 Å². The van der Waals surface area contributed by atoms with E-state index in [1.807, 2.05) is 0 Å². The second-order valence-corrected chi connectivity index (χ2v) is 3.05. The minimum Gasteiger partial charge on any atom is -0.339 e. The molecule has 14 heavy (non-hydrogen) atoms. The second-order valence-electron chi connectivity index (χ2n) is 3.05. The van der Waals surface area contributed by atoms with Gasteiger partial charge in [-0.25, -0.2) is 0 Å². The number of hydrogen-bond acceptors (Lipinski definition) is 3. The van der Waals surface area contributed by atoms with Crippen LogP contribution in [-0.4, -0.2) is 26.0 Å². The van der Waals surface area contributed by atoms with Crippen molar-refractivity contribution in [3.8, 4) is 0 Å². The van der Waals surface area contributed by atoms with Crippen LogP contribution in [0.3, 0.4) is 0 Å². The molecule has 82 valence electrons. The second kappa shape index (κ2) is 7.53. The van der Waals surface area contributed by atoms with E-state index >= 15 is 0 Å². The molecule has 0 fully saturated rings. The largest absolute Gasteiger partial charge is 0.339 e. The Hall–Kier alpha value is -0.870. The van der Waals surface area contributed by atoms with Gasteiger partial charge in [0, 0.05) is 12.7 Å². The zero-order valence-electron chi connectivity index (χ0n) is 9.13. The standard InChI is InChI=1S/C10H19NO3/c1-5-6-7-14-10(13-4)11-9(12)8(2)3/h10H,2,5-7H2,1,3-4H3,(H,11,12). The van der Waals surface area contributed by atoms with E-state index in [1.165, 1.54) is 7.11 Å². The van der Waals surface area contributed by atoms with Gasteiger partial charge in [0.25, 0.3) is 0 Å². The molecule has 1 unspecified atom stereocenters. The van der Waals surface area contributed by atoms with Gasteiger partial charge in [0.2, 0.25) is 12.3 Å². The number of rotatable bonds is 7. The normalized spacial score (nSPS) is 12.2. The highest BCUT2D eigenvalue weighted by molar-refractivity contribution is 5.92. The summed E-state index contributed by atoms with van der Waals surface area (Å²) in [6, 6.07) is 0. The summed E-state index contributed by atoms with van der Waals surface area (Å²) < 4.78 is 10.2. The highest BCUT2D eigenvalue weighted by atomic mass is 16.7. The van der Waals surface area contributed by atoms with Crippen LogP contribution in [0, 0.1) is 0 Å². The van der Waals surface area contributed by atoms with Crippen LogP contribution >= 0.6 is 0 Å². The van der Waals surface area contributed by atoms with Crippen molar-refractivity contribution in [2.45, 2.75) is 33.1 Å². The number of unbranched alkanes of at least 4 members (excludes halogenated alkanes) is 1. The lowest BCUT2D eigenvalue weighted by atomic mass is 10.3. The van der Waals surface area contributed by atoms with Gasteiger partial charge in [-0.3, -0.25) is 4.79 Å². The molecule has 0 saturated heterocycles. The van der Waals surface area contributed by atoms with Crippen LogP contribution in [0.15, 0.2) is 12.2 Å². The molecule has 0 aliphatic rings. The SMILES string of the molecule is C=C(C)C(=O)NC(OC)OCCCC. The van der Waals surface area contributed by atoms with Crippen LogP contribution in [0.4, 0.5) is 0 Å². The molecule has 1 atom stereocenters. The molecule has 0 rings (SSSR count). The highest BCUT2D eigenvalue weighted by Crippen LogP contribution is 1.95. The van der Waals surface area contributed by atoms with Crippen molar-refractivity contribution in [3.63, 3.8) is 0 Å². The minimum atomic E-state index is -0.675. The average Bonchev–Trinajstić information content (AvgIpc) is 2.16. The molecule has 0 radical (unpaired) electrons. The summed E-state index contributed by atoms with van der Waals surface area (Å²) in [4.78, 5) is 11.2. The van der Waals surface area contributed by atoms with Crippen LogP contribution in [0.2, 0.25) is 0 Å². The van der Waals surface area contributed by atoms with Gasteiger partial charge in [-0.1, -0.05) is 19.9 Å². The molecule has 0 aromatic carbocycles. The molecule has 4 nitrogen and oxygen atoms in total. The maximum absolute atomic E-state index is 11.2. The molecule has 1 N–H and O–H groups in total. The summed E-state index contributed by atoms with van der Waals surface area (Å²) in [7, 11) is 1.48. The third-order valence-corrected chi connectivity index (χ3v) is 1.62. The van der Waals surface area contributed by atoms with Gasteiger partial charge in [0.05, 0.1) is 6.61 Å². The molecule has 0 bridgehead atoms.